The van der Waals surface area contributed by atoms with Crippen LogP contribution in [-0.4, -0.2) is 4.57 Å². The van der Waals surface area contributed by atoms with E-state index >= 15 is 0 Å². The fourth-order valence-corrected chi connectivity index (χ4v) is 6.26. The first-order chi connectivity index (χ1) is 23.5. The van der Waals surface area contributed by atoms with Gasteiger partial charge < -0.3 is 4.57 Å². The number of benzene rings is 5. The molecule has 1 unspecified atom stereocenters. The van der Waals surface area contributed by atoms with Gasteiger partial charge in [-0.1, -0.05) is 36.4 Å². The molecule has 0 aliphatic heterocycles. The molecule has 0 amide bonds. The van der Waals surface area contributed by atoms with Gasteiger partial charge in [0.15, 0.2) is 17.1 Å². The first-order valence-electron chi connectivity index (χ1n) is 14.1. The largest absolute Gasteiger partial charge is 0.310 e. The van der Waals surface area contributed by atoms with Crippen molar-refractivity contribution in [1.29, 1.82) is 26.3 Å². The number of rotatable bonds is 4. The van der Waals surface area contributed by atoms with Gasteiger partial charge in [0.2, 0.25) is 0 Å². The first kappa shape index (κ1) is 29.9. The van der Waals surface area contributed by atoms with Gasteiger partial charge in [-0.3, -0.25) is 0 Å². The summed E-state index contributed by atoms with van der Waals surface area (Å²) in [6, 6.07) is 34.1. The van der Waals surface area contributed by atoms with Crippen molar-refractivity contribution < 1.29 is 0 Å². The van der Waals surface area contributed by atoms with E-state index in [0.29, 0.717) is 5.69 Å². The summed E-state index contributed by atoms with van der Waals surface area (Å²) in [7, 11) is 0. The molecule has 0 aliphatic carbocycles. The van der Waals surface area contributed by atoms with Gasteiger partial charge in [0.25, 0.3) is 0 Å². The zero-order chi connectivity index (χ0) is 33.9. The molecule has 1 aromatic heterocycles. The van der Waals surface area contributed by atoms with Crippen LogP contribution in [0.1, 0.15) is 50.4 Å². The van der Waals surface area contributed by atoms with Gasteiger partial charge in [-0.15, -0.1) is 0 Å². The molecule has 0 fully saturated rings. The van der Waals surface area contributed by atoms with Crippen LogP contribution >= 0.6 is 0 Å². The maximum absolute atomic E-state index is 10.7. The van der Waals surface area contributed by atoms with Gasteiger partial charge in [0, 0.05) is 50.2 Å². The lowest BCUT2D eigenvalue weighted by Gasteiger charge is -2.26. The third kappa shape index (κ3) is 4.58. The second-order valence-electron chi connectivity index (χ2n) is 10.5. The number of nitriles is 5. The van der Waals surface area contributed by atoms with Gasteiger partial charge in [-0.2, -0.15) is 26.3 Å². The predicted octanol–water partition coefficient (Wildman–Crippen LogP) is 8.97. The van der Waals surface area contributed by atoms with Crippen molar-refractivity contribution >= 4 is 38.9 Å². The van der Waals surface area contributed by atoms with E-state index in [-0.39, 0.29) is 61.6 Å². The quantitative estimate of drug-likeness (QED) is 0.145. The monoisotopic (exact) mass is 609 g/mol. The van der Waals surface area contributed by atoms with Gasteiger partial charge in [-0.05, 0) is 65.2 Å². The second-order valence-corrected chi connectivity index (χ2v) is 10.5. The smallest absolute Gasteiger partial charge is 0.194 e. The fraction of sp³-hybridized carbons (Fsp3) is 0.0256. The normalized spacial score (nSPS) is 10.7. The van der Waals surface area contributed by atoms with Crippen molar-refractivity contribution in [2.45, 2.75) is 5.92 Å². The summed E-state index contributed by atoms with van der Waals surface area (Å²) in [4.78, 5) is 10.8. The van der Waals surface area contributed by atoms with Crippen molar-refractivity contribution in [3.63, 3.8) is 0 Å². The minimum absolute atomic E-state index is 0.0107. The SMILES string of the molecule is [C-]#[N+]c1cc(C#N)c(C(c2c(C#N)cc(C#N)cc2[N+]#[C-])c2c(C#N)cc(-n3c4ccccc4c4ccccc43)cc2[N+]#[C-])c(C#N)c1. The Bertz CT molecular complexity index is 2480. The molecular weight excluding hydrogens is 594 g/mol. The van der Waals surface area contributed by atoms with Crippen LogP contribution < -0.4 is 0 Å². The van der Waals surface area contributed by atoms with E-state index in [2.05, 4.69) is 20.6 Å². The van der Waals surface area contributed by atoms with Gasteiger partial charge in [0.1, 0.15) is 0 Å². The Kier molecular flexibility index (Phi) is 7.51. The van der Waals surface area contributed by atoms with Crippen LogP contribution in [0.25, 0.3) is 42.0 Å². The van der Waals surface area contributed by atoms with E-state index in [0.717, 1.165) is 21.8 Å². The third-order valence-electron chi connectivity index (χ3n) is 8.15. The lowest BCUT2D eigenvalue weighted by molar-refractivity contribution is 0.962. The molecule has 0 saturated carbocycles. The molecule has 6 rings (SSSR count). The van der Waals surface area contributed by atoms with E-state index in [1.165, 1.54) is 24.3 Å². The highest BCUT2D eigenvalue weighted by Gasteiger charge is 2.33. The summed E-state index contributed by atoms with van der Waals surface area (Å²) in [6.07, 6.45) is 0. The summed E-state index contributed by atoms with van der Waals surface area (Å²) in [5, 5.41) is 53.2. The molecule has 1 atom stereocenters. The number of hydrogen-bond donors (Lipinski definition) is 0. The fourth-order valence-electron chi connectivity index (χ4n) is 6.26. The molecule has 5 aromatic carbocycles. The van der Waals surface area contributed by atoms with Crippen molar-refractivity contribution in [2.75, 3.05) is 0 Å². The predicted molar refractivity (Wildman–Crippen MR) is 177 cm³/mol. The Morgan fingerprint density at radius 2 is 1.00 bits per heavy atom. The maximum Gasteiger partial charge on any atom is 0.194 e. The highest BCUT2D eigenvalue weighted by atomic mass is 15.0. The summed E-state index contributed by atoms with van der Waals surface area (Å²) in [6.45, 7) is 23.8. The van der Waals surface area contributed by atoms with Crippen LogP contribution in [-0.2, 0) is 0 Å². The van der Waals surface area contributed by atoms with Crippen molar-refractivity contribution in [3.8, 4) is 36.0 Å². The molecule has 0 saturated heterocycles. The number of aromatic nitrogens is 1. The third-order valence-corrected chi connectivity index (χ3v) is 8.15. The molecule has 0 aliphatic rings. The minimum atomic E-state index is -1.33. The van der Waals surface area contributed by atoms with Crippen molar-refractivity contribution in [1.82, 2.24) is 4.57 Å². The van der Waals surface area contributed by atoms with E-state index in [4.69, 9.17) is 19.7 Å². The molecule has 9 nitrogen and oxygen atoms in total. The zero-order valence-corrected chi connectivity index (χ0v) is 24.7. The molecule has 216 valence electrons. The lowest BCUT2D eigenvalue weighted by atomic mass is 9.76. The zero-order valence-electron chi connectivity index (χ0n) is 24.7. The van der Waals surface area contributed by atoms with Crippen LogP contribution in [0.2, 0.25) is 0 Å². The molecule has 0 bridgehead atoms. The summed E-state index contributed by atoms with van der Waals surface area (Å²) >= 11 is 0. The van der Waals surface area contributed by atoms with Crippen LogP contribution in [0.4, 0.5) is 17.1 Å². The van der Waals surface area contributed by atoms with Gasteiger partial charge in [0.05, 0.1) is 61.1 Å². The average Bonchev–Trinajstić information content (AvgIpc) is 3.48. The van der Waals surface area contributed by atoms with E-state index in [1.807, 2.05) is 77.4 Å². The second kappa shape index (κ2) is 12.1. The molecule has 0 radical (unpaired) electrons. The van der Waals surface area contributed by atoms with Crippen molar-refractivity contribution in [3.05, 3.63) is 164 Å². The van der Waals surface area contributed by atoms with Crippen LogP contribution in [0.3, 0.4) is 0 Å². The number of fused-ring (bicyclic) bond motifs is 3. The highest BCUT2D eigenvalue weighted by Crippen LogP contribution is 2.48. The summed E-state index contributed by atoms with van der Waals surface area (Å²) < 4.78 is 1.94. The Hall–Kier alpha value is -8.18. The van der Waals surface area contributed by atoms with Crippen LogP contribution in [0.15, 0.2) is 84.9 Å². The number of hydrogen-bond acceptors (Lipinski definition) is 5. The minimum Gasteiger partial charge on any atom is -0.310 e. The Labute approximate surface area is 274 Å². The van der Waals surface area contributed by atoms with Crippen molar-refractivity contribution in [2.24, 2.45) is 0 Å². The molecule has 1 heterocycles. The Morgan fingerprint density at radius 3 is 1.48 bits per heavy atom. The topological polar surface area (TPSA) is 137 Å². The van der Waals surface area contributed by atoms with Gasteiger partial charge >= 0.3 is 0 Å². The molecule has 0 spiro atoms. The van der Waals surface area contributed by atoms with E-state index < -0.39 is 5.92 Å². The summed E-state index contributed by atoms with van der Waals surface area (Å²) in [5.74, 6) is -1.33. The van der Waals surface area contributed by atoms with E-state index in [9.17, 15) is 26.3 Å². The number of nitrogens with zero attached hydrogens (tertiary/aromatic N) is 9. The van der Waals surface area contributed by atoms with Gasteiger partial charge in [-0.25, -0.2) is 14.5 Å². The molecular formula is C39H15N9. The number of para-hydroxylation sites is 2. The summed E-state index contributed by atoms with van der Waals surface area (Å²) in [5.41, 5.74) is 1.96. The molecule has 9 heteroatoms. The molecule has 6 aromatic rings. The average molecular weight is 610 g/mol. The Balaban J connectivity index is 1.80. The molecule has 0 N–H and O–H groups in total. The highest BCUT2D eigenvalue weighted by molar-refractivity contribution is 6.09. The van der Waals surface area contributed by atoms with Crippen LogP contribution in [0, 0.1) is 76.4 Å². The lowest BCUT2D eigenvalue weighted by Crippen LogP contribution is -2.13. The standard InChI is InChI=1S/C39H15N9/c1-45-28-14-25(20-42)36(26(15-28)21-43)39(37-24(19-41)12-23(18-40)13-32(37)46-2)38-27(22-44)16-29(17-33(38)47-3)48-34-10-6-4-8-30(34)31-9-5-7-11-35(31)48/h4-17,39H. The molecule has 48 heavy (non-hydrogen) atoms. The van der Waals surface area contributed by atoms with Crippen LogP contribution in [0.5, 0.6) is 0 Å². The Morgan fingerprint density at radius 1 is 0.521 bits per heavy atom. The first-order valence-corrected chi connectivity index (χ1v) is 14.1. The maximum atomic E-state index is 10.7. The van der Waals surface area contributed by atoms with E-state index in [1.54, 1.807) is 12.1 Å².